The third kappa shape index (κ3) is 16.6. The Kier molecular flexibility index (Phi) is 21.5. The van der Waals surface area contributed by atoms with Crippen molar-refractivity contribution in [3.8, 4) is 11.5 Å². The summed E-state index contributed by atoms with van der Waals surface area (Å²) in [5.74, 6) is -0.216. The monoisotopic (exact) mass is 1060 g/mol. The number of aliphatic hydroxyl groups is 2. The lowest BCUT2D eigenvalue weighted by Gasteiger charge is -2.36. The van der Waals surface area contributed by atoms with Crippen LogP contribution in [0.4, 0.5) is 17.5 Å². The molecule has 2 fully saturated rings. The Balaban J connectivity index is 0.831. The van der Waals surface area contributed by atoms with Crippen molar-refractivity contribution in [2.24, 2.45) is 5.92 Å². The molecule has 75 heavy (non-hydrogen) atoms. The van der Waals surface area contributed by atoms with E-state index in [1.165, 1.54) is 12.2 Å². The van der Waals surface area contributed by atoms with Crippen molar-refractivity contribution < 1.29 is 62.3 Å². The molecular formula is C51H71N10O13P. The smallest absolute Gasteiger partial charge is 0.330 e. The average Bonchev–Trinajstić information content (AvgIpc) is 3.96. The maximum absolute atomic E-state index is 13.1. The highest BCUT2D eigenvalue weighted by Crippen LogP contribution is 2.36. The molecule has 0 radical (unpaired) electrons. The quantitative estimate of drug-likeness (QED) is 0.0234. The molecule has 2 aromatic heterocycles. The first-order chi connectivity index (χ1) is 36.3. The van der Waals surface area contributed by atoms with Crippen LogP contribution in [-0.2, 0) is 57.4 Å². The fourth-order valence-electron chi connectivity index (χ4n) is 8.79. The van der Waals surface area contributed by atoms with E-state index in [2.05, 4.69) is 65.4 Å². The second-order valence-electron chi connectivity index (χ2n) is 18.6. The molecule has 0 bridgehead atoms. The number of nitrogens with two attached hydrogens (primary N) is 1. The number of piperazine rings is 1. The van der Waals surface area contributed by atoms with E-state index in [4.69, 9.17) is 33.7 Å². The number of nitrogen functional groups attached to an aromatic ring is 1. The normalized spacial score (nSPS) is 19.7. The van der Waals surface area contributed by atoms with Gasteiger partial charge in [-0.25, -0.2) is 4.98 Å². The number of amides is 4. The lowest BCUT2D eigenvalue weighted by molar-refractivity contribution is -0.214. The number of unbranched alkanes of at least 4 members (excludes halogenated alkanes) is 2. The van der Waals surface area contributed by atoms with Crippen LogP contribution in [0.3, 0.4) is 0 Å². The van der Waals surface area contributed by atoms with Gasteiger partial charge in [-0.1, -0.05) is 44.9 Å². The molecule has 3 aliphatic heterocycles. The molecule has 4 amide bonds. The van der Waals surface area contributed by atoms with Gasteiger partial charge in [0.1, 0.15) is 23.1 Å². The molecule has 8 N–H and O–H groups in total. The number of nitrogens with zero attached hydrogens (tertiary/aromatic N) is 6. The highest BCUT2D eigenvalue weighted by Gasteiger charge is 2.37. The minimum absolute atomic E-state index is 0.00624. The summed E-state index contributed by atoms with van der Waals surface area (Å²) >= 11 is 0. The van der Waals surface area contributed by atoms with Crippen molar-refractivity contribution >= 4 is 60.7 Å². The van der Waals surface area contributed by atoms with Crippen LogP contribution >= 0.6 is 8.60 Å². The topological polar surface area (TPSA) is 287 Å². The Morgan fingerprint density at radius 2 is 1.64 bits per heavy atom. The largest absolute Gasteiger partial charge is 0.496 e. The second-order valence-corrected chi connectivity index (χ2v) is 19.6. The van der Waals surface area contributed by atoms with Gasteiger partial charge < -0.3 is 69.4 Å². The van der Waals surface area contributed by atoms with Crippen LogP contribution in [0.5, 0.6) is 11.5 Å². The molecule has 2 unspecified atom stereocenters. The third-order valence-corrected chi connectivity index (χ3v) is 13.8. The Hall–Kier alpha value is -5.85. The molecule has 5 atom stereocenters. The molecule has 3 aliphatic rings. The molecule has 0 saturated carbocycles. The number of aromatic nitrogens is 3. The Bertz CT molecular complexity index is 2560. The van der Waals surface area contributed by atoms with Crippen LogP contribution in [0, 0.1) is 5.92 Å². The van der Waals surface area contributed by atoms with E-state index >= 15 is 0 Å². The number of hydrogen-bond acceptors (Lipinski definition) is 19. The fourth-order valence-corrected chi connectivity index (χ4v) is 9.36. The van der Waals surface area contributed by atoms with Crippen molar-refractivity contribution in [2.45, 2.75) is 84.1 Å². The predicted octanol–water partition coefficient (Wildman–Crippen LogP) is 3.11. The maximum Gasteiger partial charge on any atom is 0.330 e. The summed E-state index contributed by atoms with van der Waals surface area (Å²) in [5.41, 5.74) is 10.8. The van der Waals surface area contributed by atoms with Gasteiger partial charge in [0.25, 0.3) is 11.8 Å². The Morgan fingerprint density at radius 3 is 2.41 bits per heavy atom. The summed E-state index contributed by atoms with van der Waals surface area (Å²) < 4.78 is 36.5. The summed E-state index contributed by atoms with van der Waals surface area (Å²) in [6.07, 6.45) is 4.51. The highest BCUT2D eigenvalue weighted by atomic mass is 31.2. The average molecular weight is 1060 g/mol. The number of aliphatic hydroxyl groups excluding tert-OH is 2. The number of hydrogen-bond donors (Lipinski definition) is 7. The van der Waals surface area contributed by atoms with E-state index in [1.807, 2.05) is 12.3 Å². The third-order valence-electron chi connectivity index (χ3n) is 13.1. The van der Waals surface area contributed by atoms with E-state index in [9.17, 15) is 34.3 Å². The van der Waals surface area contributed by atoms with Crippen LogP contribution in [0.2, 0.25) is 0 Å². The van der Waals surface area contributed by atoms with Gasteiger partial charge >= 0.3 is 8.60 Å². The first kappa shape index (κ1) is 56.9. The number of anilines is 3. The van der Waals surface area contributed by atoms with Crippen LogP contribution in [-0.4, -0.2) is 172 Å². The zero-order chi connectivity index (χ0) is 53.3. The molecule has 408 valence electrons. The van der Waals surface area contributed by atoms with Gasteiger partial charge in [0.15, 0.2) is 5.82 Å². The first-order valence-corrected chi connectivity index (χ1v) is 26.6. The number of carbonyl (C=O) groups is 4. The number of imide groups is 1. The van der Waals surface area contributed by atoms with Crippen molar-refractivity contribution in [3.05, 3.63) is 77.5 Å². The zero-order valence-corrected chi connectivity index (χ0v) is 43.8. The molecule has 2 aromatic carbocycles. The van der Waals surface area contributed by atoms with Crippen molar-refractivity contribution in [2.75, 3.05) is 102 Å². The van der Waals surface area contributed by atoms with Gasteiger partial charge in [0, 0.05) is 95.0 Å². The van der Waals surface area contributed by atoms with Gasteiger partial charge in [-0.2, -0.15) is 4.98 Å². The summed E-state index contributed by atoms with van der Waals surface area (Å²) in [4.78, 5) is 74.2. The fraction of sp³-hybridized carbons (Fsp3) is 0.529. The molecule has 2 saturated heterocycles. The van der Waals surface area contributed by atoms with E-state index in [1.54, 1.807) is 32.2 Å². The maximum atomic E-state index is 13.1. The van der Waals surface area contributed by atoms with E-state index < -0.39 is 50.7 Å². The zero-order valence-electron chi connectivity index (χ0n) is 42.9. The van der Waals surface area contributed by atoms with Crippen molar-refractivity contribution in [1.29, 1.82) is 0 Å². The number of methoxy groups -OCH3 is 1. The van der Waals surface area contributed by atoms with Gasteiger partial charge in [-0.15, -0.1) is 0 Å². The summed E-state index contributed by atoms with van der Waals surface area (Å²) in [6, 6.07) is 13.2. The number of carbonyl (C=O) groups excluding carboxylic acids is 4. The van der Waals surface area contributed by atoms with E-state index in [-0.39, 0.29) is 82.3 Å². The van der Waals surface area contributed by atoms with E-state index in [0.717, 1.165) is 97.2 Å². The van der Waals surface area contributed by atoms with Crippen LogP contribution < -0.4 is 31.2 Å². The number of nitrogens with one attached hydrogen (secondary N) is 3. The van der Waals surface area contributed by atoms with Gasteiger partial charge in [-0.05, 0) is 41.8 Å². The lowest BCUT2D eigenvalue weighted by Crippen LogP contribution is -2.50. The van der Waals surface area contributed by atoms with Crippen LogP contribution in [0.1, 0.15) is 62.6 Å². The standard InChI is InChI=1S/C51H71N10O13P/c1-4-5-6-16-54-49-47-38(56-51(52)57-49)14-18-60(47)31-37-9-7-35(29-42(37)69-3)30-59-21-19-58(20-22-59)23-27-72-75(68)73-32-36-8-10-41(74-50-34(2)48(67)40(62)33-71-50)39(28-36)55-44(64)13-17-53-43(63)15-25-70-26-24-61-45(65)11-12-46(61)66/h7-12,14,18,28-29,34,40,48,50,62,67-68H,4-6,13,15-17,19-27,30-33H2,1-3H3,(H,53,63)(H,55,64)(H3,52,54,56,57)/t34?,40-,48-,50+,75?/m1/s1. The molecule has 0 aliphatic carbocycles. The molecule has 7 rings (SSSR count). The molecule has 4 aromatic rings. The molecular weight excluding hydrogens is 992 g/mol. The Morgan fingerprint density at radius 1 is 0.867 bits per heavy atom. The van der Waals surface area contributed by atoms with Crippen molar-refractivity contribution in [3.63, 3.8) is 0 Å². The molecule has 5 heterocycles. The number of fused-ring (bicyclic) bond motifs is 1. The van der Waals surface area contributed by atoms with Crippen LogP contribution in [0.15, 0.2) is 60.8 Å². The lowest BCUT2D eigenvalue weighted by atomic mass is 9.97. The van der Waals surface area contributed by atoms with Gasteiger partial charge in [0.05, 0.1) is 70.5 Å². The molecule has 23 nitrogen and oxygen atoms in total. The Labute approximate surface area is 437 Å². The summed E-state index contributed by atoms with van der Waals surface area (Å²) in [6.45, 7) is 10.3. The number of rotatable bonds is 29. The predicted molar refractivity (Wildman–Crippen MR) is 279 cm³/mol. The van der Waals surface area contributed by atoms with E-state index in [0.29, 0.717) is 18.7 Å². The summed E-state index contributed by atoms with van der Waals surface area (Å²) in [5, 5.41) is 29.4. The molecule has 24 heteroatoms. The second kappa shape index (κ2) is 28.3. The van der Waals surface area contributed by atoms with Gasteiger partial charge in [-0.3, -0.25) is 33.9 Å². The SMILES string of the molecule is CCCCCNc1nc(N)nc2ccn(Cc3ccc(CN4CCN(CCOP(O)OCc5ccc(O[C@@H]6OC[C@@H](O)[C@H](O)C6C)c(NC(=O)CCNC(=O)CCOCCN6C(=O)C=CC6=O)c5)CC4)cc3OC)c12. The molecule has 0 spiro atoms. The summed E-state index contributed by atoms with van der Waals surface area (Å²) in [7, 11) is -0.544. The van der Waals surface area contributed by atoms with Crippen molar-refractivity contribution in [1.82, 2.24) is 34.6 Å². The minimum atomic E-state index is -2.24. The first-order valence-electron chi connectivity index (χ1n) is 25.4. The van der Waals surface area contributed by atoms with Gasteiger partial charge in [0.2, 0.25) is 24.1 Å². The van der Waals surface area contributed by atoms with Crippen LogP contribution in [0.25, 0.3) is 11.0 Å². The highest BCUT2D eigenvalue weighted by molar-refractivity contribution is 7.40. The number of benzene rings is 2. The minimum Gasteiger partial charge on any atom is -0.496 e. The number of ether oxygens (including phenoxy) is 4.